The van der Waals surface area contributed by atoms with E-state index in [1.54, 1.807) is 0 Å². The van der Waals surface area contributed by atoms with Gasteiger partial charge in [-0.3, -0.25) is 4.90 Å². The van der Waals surface area contributed by atoms with Crippen LogP contribution in [0.2, 0.25) is 0 Å². The molecule has 0 saturated carbocycles. The van der Waals surface area contributed by atoms with Crippen molar-refractivity contribution in [2.75, 3.05) is 18.9 Å². The summed E-state index contributed by atoms with van der Waals surface area (Å²) in [5, 5.41) is 10.1. The molecule has 1 aromatic carbocycles. The van der Waals surface area contributed by atoms with E-state index in [-0.39, 0.29) is 6.03 Å². The summed E-state index contributed by atoms with van der Waals surface area (Å²) >= 11 is 0. The number of fused-ring (bicyclic) bond motifs is 1. The SMILES string of the molecule is CC(C)N(C)Cc1ncn2c1CN(C(=O)Nc1ccccc1)CCC2.O=C(O)C(F)(F)F. The quantitative estimate of drug-likeness (QED) is 0.732. The van der Waals surface area contributed by atoms with E-state index in [9.17, 15) is 18.0 Å². The van der Waals surface area contributed by atoms with Gasteiger partial charge in [-0.05, 0) is 39.4 Å². The first kappa shape index (κ1) is 25.2. The Morgan fingerprint density at radius 2 is 1.84 bits per heavy atom. The number of rotatable bonds is 4. The van der Waals surface area contributed by atoms with Crippen molar-refractivity contribution < 1.29 is 27.9 Å². The van der Waals surface area contributed by atoms with E-state index >= 15 is 0 Å². The topological polar surface area (TPSA) is 90.7 Å². The lowest BCUT2D eigenvalue weighted by Gasteiger charge is -2.23. The van der Waals surface area contributed by atoms with Crippen molar-refractivity contribution in [2.24, 2.45) is 0 Å². The molecule has 0 fully saturated rings. The van der Waals surface area contributed by atoms with E-state index in [2.05, 4.69) is 40.7 Å². The highest BCUT2D eigenvalue weighted by atomic mass is 19.4. The number of imidazole rings is 1. The summed E-state index contributed by atoms with van der Waals surface area (Å²) in [5.74, 6) is -2.76. The van der Waals surface area contributed by atoms with Crippen molar-refractivity contribution in [1.82, 2.24) is 19.4 Å². The molecule has 0 radical (unpaired) electrons. The van der Waals surface area contributed by atoms with Crippen molar-refractivity contribution >= 4 is 17.7 Å². The van der Waals surface area contributed by atoms with Crippen LogP contribution in [0.15, 0.2) is 36.7 Å². The van der Waals surface area contributed by atoms with E-state index in [1.807, 2.05) is 41.6 Å². The summed E-state index contributed by atoms with van der Waals surface area (Å²) in [6, 6.07) is 10.0. The molecule has 0 aliphatic carbocycles. The molecule has 0 spiro atoms. The minimum absolute atomic E-state index is 0.0518. The molecule has 1 aromatic heterocycles. The molecule has 2 amide bonds. The van der Waals surface area contributed by atoms with Gasteiger partial charge in [0.25, 0.3) is 0 Å². The molecule has 1 aliphatic heterocycles. The molecule has 0 saturated heterocycles. The number of carbonyl (C=O) groups is 2. The number of carboxylic acid groups (broad SMARTS) is 1. The lowest BCUT2D eigenvalue weighted by molar-refractivity contribution is -0.192. The third-order valence-corrected chi connectivity index (χ3v) is 5.04. The van der Waals surface area contributed by atoms with Crippen LogP contribution in [-0.4, -0.2) is 62.3 Å². The second kappa shape index (κ2) is 11.0. The molecule has 2 heterocycles. The molecular weight excluding hydrogens is 427 g/mol. The Balaban J connectivity index is 0.000000451. The summed E-state index contributed by atoms with van der Waals surface area (Å²) in [4.78, 5) is 30.3. The van der Waals surface area contributed by atoms with E-state index in [4.69, 9.17) is 9.90 Å². The number of alkyl halides is 3. The van der Waals surface area contributed by atoms with Crippen LogP contribution in [0.1, 0.15) is 31.7 Å². The van der Waals surface area contributed by atoms with Gasteiger partial charge < -0.3 is 19.9 Å². The van der Waals surface area contributed by atoms with Gasteiger partial charge in [0.15, 0.2) is 0 Å². The maximum atomic E-state index is 12.7. The number of para-hydroxylation sites is 1. The van der Waals surface area contributed by atoms with Gasteiger partial charge in [0.2, 0.25) is 0 Å². The zero-order valence-electron chi connectivity index (χ0n) is 18.3. The highest BCUT2D eigenvalue weighted by molar-refractivity contribution is 5.89. The molecule has 8 nitrogen and oxygen atoms in total. The van der Waals surface area contributed by atoms with Crippen LogP contribution < -0.4 is 5.32 Å². The molecule has 176 valence electrons. The van der Waals surface area contributed by atoms with Gasteiger partial charge in [0, 0.05) is 31.4 Å². The smallest absolute Gasteiger partial charge is 0.475 e. The fraction of sp³-hybridized carbons (Fsp3) is 0.476. The normalized spacial score (nSPS) is 13.8. The van der Waals surface area contributed by atoms with E-state index < -0.39 is 12.1 Å². The summed E-state index contributed by atoms with van der Waals surface area (Å²) in [7, 11) is 2.10. The number of aromatic nitrogens is 2. The Bertz CT molecular complexity index is 900. The number of benzene rings is 1. The van der Waals surface area contributed by atoms with Crippen molar-refractivity contribution in [3.05, 3.63) is 48.0 Å². The number of carboxylic acids is 1. The Hall–Kier alpha value is -3.08. The average Bonchev–Trinajstić information content (AvgIpc) is 2.95. The first-order chi connectivity index (χ1) is 15.0. The predicted octanol–water partition coefficient (Wildman–Crippen LogP) is 3.79. The number of urea groups is 1. The molecule has 11 heteroatoms. The zero-order valence-corrected chi connectivity index (χ0v) is 18.3. The maximum Gasteiger partial charge on any atom is 0.490 e. The predicted molar refractivity (Wildman–Crippen MR) is 113 cm³/mol. The van der Waals surface area contributed by atoms with Crippen LogP contribution in [0.3, 0.4) is 0 Å². The average molecular weight is 455 g/mol. The monoisotopic (exact) mass is 455 g/mol. The number of aryl methyl sites for hydroxylation is 1. The first-order valence-corrected chi connectivity index (χ1v) is 10.1. The van der Waals surface area contributed by atoms with Crippen molar-refractivity contribution in [3.8, 4) is 0 Å². The third kappa shape index (κ3) is 7.26. The van der Waals surface area contributed by atoms with Crippen LogP contribution in [0.4, 0.5) is 23.7 Å². The van der Waals surface area contributed by atoms with Crippen LogP contribution in [0.25, 0.3) is 0 Å². The van der Waals surface area contributed by atoms with E-state index in [0.717, 1.165) is 43.1 Å². The van der Waals surface area contributed by atoms with Gasteiger partial charge in [-0.15, -0.1) is 0 Å². The first-order valence-electron chi connectivity index (χ1n) is 10.1. The molecule has 0 unspecified atom stereocenters. The van der Waals surface area contributed by atoms with Crippen LogP contribution in [0.5, 0.6) is 0 Å². The minimum Gasteiger partial charge on any atom is -0.475 e. The molecule has 0 atom stereocenters. The molecule has 3 rings (SSSR count). The number of anilines is 1. The van der Waals surface area contributed by atoms with Crippen molar-refractivity contribution in [2.45, 2.75) is 52.1 Å². The minimum atomic E-state index is -5.08. The molecular formula is C21H28F3N5O3. The number of halogens is 3. The summed E-state index contributed by atoms with van der Waals surface area (Å²) in [6.07, 6.45) is -2.23. The third-order valence-electron chi connectivity index (χ3n) is 5.04. The maximum absolute atomic E-state index is 12.7. The molecule has 2 aromatic rings. The number of hydrogen-bond donors (Lipinski definition) is 2. The Labute approximate surface area is 184 Å². The van der Waals surface area contributed by atoms with Crippen molar-refractivity contribution in [1.29, 1.82) is 0 Å². The van der Waals surface area contributed by atoms with Gasteiger partial charge in [-0.1, -0.05) is 18.2 Å². The van der Waals surface area contributed by atoms with Gasteiger partial charge in [0.1, 0.15) is 0 Å². The molecule has 0 bridgehead atoms. The second-order valence-corrected chi connectivity index (χ2v) is 7.71. The van der Waals surface area contributed by atoms with Crippen LogP contribution in [-0.2, 0) is 24.4 Å². The van der Waals surface area contributed by atoms with Gasteiger partial charge in [0.05, 0.1) is 24.3 Å². The van der Waals surface area contributed by atoms with E-state index in [0.29, 0.717) is 12.6 Å². The number of nitrogens with one attached hydrogen (secondary N) is 1. The van der Waals surface area contributed by atoms with E-state index in [1.165, 1.54) is 0 Å². The summed E-state index contributed by atoms with van der Waals surface area (Å²) < 4.78 is 33.9. The van der Waals surface area contributed by atoms with Gasteiger partial charge in [-0.25, -0.2) is 14.6 Å². The molecule has 32 heavy (non-hydrogen) atoms. The number of hydrogen-bond acceptors (Lipinski definition) is 4. The summed E-state index contributed by atoms with van der Waals surface area (Å²) in [6.45, 7) is 7.40. The fourth-order valence-corrected chi connectivity index (χ4v) is 2.96. The number of nitrogens with zero attached hydrogens (tertiary/aromatic N) is 4. The zero-order chi connectivity index (χ0) is 23.9. The van der Waals surface area contributed by atoms with Gasteiger partial charge in [-0.2, -0.15) is 13.2 Å². The largest absolute Gasteiger partial charge is 0.490 e. The molecule has 1 aliphatic rings. The molecule has 2 N–H and O–H groups in total. The van der Waals surface area contributed by atoms with Crippen molar-refractivity contribution in [3.63, 3.8) is 0 Å². The Morgan fingerprint density at radius 1 is 1.22 bits per heavy atom. The number of aliphatic carboxylic acids is 1. The van der Waals surface area contributed by atoms with Crippen LogP contribution in [0, 0.1) is 0 Å². The van der Waals surface area contributed by atoms with Crippen LogP contribution >= 0.6 is 0 Å². The Kier molecular flexibility index (Phi) is 8.64. The highest BCUT2D eigenvalue weighted by Crippen LogP contribution is 2.19. The number of amides is 2. The highest BCUT2D eigenvalue weighted by Gasteiger charge is 2.38. The second-order valence-electron chi connectivity index (χ2n) is 7.71. The Morgan fingerprint density at radius 3 is 2.41 bits per heavy atom. The number of carbonyl (C=O) groups excluding carboxylic acids is 1. The lowest BCUT2D eigenvalue weighted by Crippen LogP contribution is -2.35. The standard InChI is InChI=1S/C19H27N5O.C2HF3O2/c1-15(2)22(3)12-17-18-13-23(10-7-11-24(18)14-20-17)19(25)21-16-8-5-4-6-9-16;3-2(4,5)1(6)7/h4-6,8-9,14-15H,7,10-13H2,1-3H3,(H,21,25);(H,6,7). The van der Waals surface area contributed by atoms with Gasteiger partial charge >= 0.3 is 18.2 Å². The summed E-state index contributed by atoms with van der Waals surface area (Å²) in [5.41, 5.74) is 3.04. The lowest BCUT2D eigenvalue weighted by atomic mass is 10.2. The fourth-order valence-electron chi connectivity index (χ4n) is 2.96.